The van der Waals surface area contributed by atoms with Crippen LogP contribution in [0, 0.1) is 0 Å². The minimum atomic E-state index is -0.0207. The van der Waals surface area contributed by atoms with Gasteiger partial charge in [-0.15, -0.1) is 32.9 Å². The number of carbonyl (C=O) groups excluding carboxylic acids is 1. The Morgan fingerprint density at radius 2 is 2.08 bits per heavy atom. The number of aromatic nitrogens is 2. The van der Waals surface area contributed by atoms with Gasteiger partial charge in [0.2, 0.25) is 5.91 Å². The highest BCUT2D eigenvalue weighted by molar-refractivity contribution is 7.99. The molecule has 126 valence electrons. The normalized spacial score (nSPS) is 10.8. The maximum absolute atomic E-state index is 11.8. The molecule has 24 heavy (non-hydrogen) atoms. The van der Waals surface area contributed by atoms with Gasteiger partial charge in [-0.2, -0.15) is 11.8 Å². The number of hydrogen-bond acceptors (Lipinski definition) is 8. The van der Waals surface area contributed by atoms with E-state index >= 15 is 0 Å². The van der Waals surface area contributed by atoms with Crippen molar-refractivity contribution >= 4 is 52.1 Å². The van der Waals surface area contributed by atoms with Crippen LogP contribution in [0.15, 0.2) is 44.7 Å². The Morgan fingerprint density at radius 1 is 1.21 bits per heavy atom. The lowest BCUT2D eigenvalue weighted by Crippen LogP contribution is -2.27. The van der Waals surface area contributed by atoms with E-state index in [0.29, 0.717) is 17.7 Å². The number of hydrogen-bond donors (Lipinski definition) is 1. The molecule has 0 saturated heterocycles. The molecule has 3 heterocycles. The molecular weight excluding hydrogens is 382 g/mol. The smallest absolute Gasteiger partial charge is 0.277 e. The Hall–Kier alpha value is -1.29. The van der Waals surface area contributed by atoms with Crippen LogP contribution in [-0.2, 0) is 10.5 Å². The largest absolute Gasteiger partial charge is 0.410 e. The molecule has 0 spiro atoms. The molecule has 0 saturated carbocycles. The first-order chi connectivity index (χ1) is 11.8. The monoisotopic (exact) mass is 397 g/mol. The van der Waals surface area contributed by atoms with Gasteiger partial charge in [0.1, 0.15) is 0 Å². The molecule has 0 radical (unpaired) electrons. The topological polar surface area (TPSA) is 68.0 Å². The average Bonchev–Trinajstić information content (AvgIpc) is 3.33. The summed E-state index contributed by atoms with van der Waals surface area (Å²) in [5.41, 5.74) is 0. The molecule has 0 fully saturated rings. The summed E-state index contributed by atoms with van der Waals surface area (Å²) in [6.07, 6.45) is 0. The van der Waals surface area contributed by atoms with Crippen LogP contribution < -0.4 is 5.32 Å². The average molecular weight is 398 g/mol. The first kappa shape index (κ1) is 17.5. The number of thiophene rings is 2. The molecule has 5 nitrogen and oxygen atoms in total. The third kappa shape index (κ3) is 5.37. The fourth-order valence-electron chi connectivity index (χ4n) is 1.78. The Bertz CT molecular complexity index is 741. The summed E-state index contributed by atoms with van der Waals surface area (Å²) in [6.45, 7) is 0.666. The number of thioether (sulfide) groups is 2. The molecular formula is C15H15N3O2S4. The Balaban J connectivity index is 1.31. The summed E-state index contributed by atoms with van der Waals surface area (Å²) >= 11 is 6.38. The first-order valence-electron chi connectivity index (χ1n) is 7.18. The van der Waals surface area contributed by atoms with Crippen LogP contribution >= 0.6 is 46.2 Å². The van der Waals surface area contributed by atoms with E-state index in [-0.39, 0.29) is 11.7 Å². The molecule has 0 atom stereocenters. The lowest BCUT2D eigenvalue weighted by molar-refractivity contribution is -0.118. The molecule has 0 aliphatic heterocycles. The predicted octanol–water partition coefficient (Wildman–Crippen LogP) is 4.00. The van der Waals surface area contributed by atoms with Crippen LogP contribution in [-0.4, -0.2) is 34.2 Å². The second kappa shape index (κ2) is 9.26. The van der Waals surface area contributed by atoms with Crippen LogP contribution in [0.25, 0.3) is 10.8 Å². The number of carbonyl (C=O) groups is 1. The highest BCUT2D eigenvalue weighted by Crippen LogP contribution is 2.26. The van der Waals surface area contributed by atoms with Crippen molar-refractivity contribution in [1.82, 2.24) is 15.5 Å². The van der Waals surface area contributed by atoms with Crippen molar-refractivity contribution < 1.29 is 9.21 Å². The zero-order valence-corrected chi connectivity index (χ0v) is 15.9. The zero-order valence-electron chi connectivity index (χ0n) is 12.6. The van der Waals surface area contributed by atoms with Gasteiger partial charge in [-0.3, -0.25) is 4.79 Å². The molecule has 1 N–H and O–H groups in total. The van der Waals surface area contributed by atoms with Crippen LogP contribution in [0.5, 0.6) is 0 Å². The van der Waals surface area contributed by atoms with Crippen molar-refractivity contribution in [2.24, 2.45) is 0 Å². The van der Waals surface area contributed by atoms with E-state index < -0.39 is 0 Å². The van der Waals surface area contributed by atoms with Gasteiger partial charge in [-0.25, -0.2) is 0 Å². The lowest BCUT2D eigenvalue weighted by Gasteiger charge is -2.03. The van der Waals surface area contributed by atoms with Crippen molar-refractivity contribution in [3.8, 4) is 10.8 Å². The Kier molecular flexibility index (Phi) is 6.76. The van der Waals surface area contributed by atoms with E-state index in [2.05, 4.69) is 33.0 Å². The molecule has 3 aromatic rings. The van der Waals surface area contributed by atoms with Gasteiger partial charge in [0.15, 0.2) is 0 Å². The number of rotatable bonds is 9. The highest BCUT2D eigenvalue weighted by atomic mass is 32.2. The van der Waals surface area contributed by atoms with Crippen molar-refractivity contribution in [2.75, 3.05) is 18.1 Å². The van der Waals surface area contributed by atoms with E-state index in [9.17, 15) is 4.79 Å². The minimum Gasteiger partial charge on any atom is -0.410 e. The van der Waals surface area contributed by atoms with Gasteiger partial charge in [-0.05, 0) is 22.9 Å². The first-order valence-corrected chi connectivity index (χ1v) is 11.1. The number of nitrogens with zero attached hydrogens (tertiary/aromatic N) is 2. The quantitative estimate of drug-likeness (QED) is 0.435. The Labute approximate surface area is 156 Å². The lowest BCUT2D eigenvalue weighted by atomic mass is 10.5. The van der Waals surface area contributed by atoms with Gasteiger partial charge < -0.3 is 9.73 Å². The SMILES string of the molecule is O=C(CSc1nnc(-c2cccs2)o1)NCCSCc1cccs1. The minimum absolute atomic E-state index is 0.0207. The van der Waals surface area contributed by atoms with Crippen molar-refractivity contribution in [3.05, 3.63) is 39.9 Å². The molecule has 0 aliphatic rings. The third-order valence-corrected chi connectivity index (χ3v) is 6.60. The predicted molar refractivity (Wildman–Crippen MR) is 102 cm³/mol. The highest BCUT2D eigenvalue weighted by Gasteiger charge is 2.11. The fraction of sp³-hybridized carbons (Fsp3) is 0.267. The molecule has 0 aliphatic carbocycles. The van der Waals surface area contributed by atoms with Crippen LogP contribution in [0.1, 0.15) is 4.88 Å². The summed E-state index contributed by atoms with van der Waals surface area (Å²) in [5, 5.41) is 15.3. The van der Waals surface area contributed by atoms with Crippen LogP contribution in [0.3, 0.4) is 0 Å². The summed E-state index contributed by atoms with van der Waals surface area (Å²) < 4.78 is 5.53. The second-order valence-corrected chi connectivity index (χ2v) is 8.63. The Morgan fingerprint density at radius 3 is 2.88 bits per heavy atom. The van der Waals surface area contributed by atoms with E-state index in [1.165, 1.54) is 16.6 Å². The summed E-state index contributed by atoms with van der Waals surface area (Å²) in [4.78, 5) is 14.1. The molecule has 3 aromatic heterocycles. The summed E-state index contributed by atoms with van der Waals surface area (Å²) in [7, 11) is 0. The summed E-state index contributed by atoms with van der Waals surface area (Å²) in [6, 6.07) is 8.04. The van der Waals surface area contributed by atoms with E-state index in [1.807, 2.05) is 29.3 Å². The fourth-order valence-corrected chi connectivity index (χ4v) is 4.71. The second-order valence-electron chi connectivity index (χ2n) is 4.62. The summed E-state index contributed by atoms with van der Waals surface area (Å²) in [5.74, 6) is 2.65. The van der Waals surface area contributed by atoms with E-state index in [0.717, 1.165) is 16.4 Å². The molecule has 1 amide bonds. The number of amides is 1. The van der Waals surface area contributed by atoms with Crippen LogP contribution in [0.2, 0.25) is 0 Å². The van der Waals surface area contributed by atoms with Crippen molar-refractivity contribution in [3.63, 3.8) is 0 Å². The third-order valence-electron chi connectivity index (χ3n) is 2.86. The molecule has 9 heteroatoms. The van der Waals surface area contributed by atoms with Gasteiger partial charge in [0, 0.05) is 22.9 Å². The van der Waals surface area contributed by atoms with Gasteiger partial charge >= 0.3 is 0 Å². The standard InChI is InChI=1S/C15H15N3O2S4/c19-13(16-5-8-21-9-11-3-1-6-22-11)10-24-15-18-17-14(20-15)12-4-2-7-23-12/h1-4,6-7H,5,8-10H2,(H,16,19). The van der Waals surface area contributed by atoms with Gasteiger partial charge in [-0.1, -0.05) is 23.9 Å². The van der Waals surface area contributed by atoms with E-state index in [1.54, 1.807) is 22.7 Å². The molecule has 3 rings (SSSR count). The zero-order chi connectivity index (χ0) is 16.6. The van der Waals surface area contributed by atoms with Crippen molar-refractivity contribution in [2.45, 2.75) is 11.0 Å². The van der Waals surface area contributed by atoms with E-state index in [4.69, 9.17) is 4.42 Å². The maximum atomic E-state index is 11.8. The maximum Gasteiger partial charge on any atom is 0.277 e. The number of nitrogens with one attached hydrogen (secondary N) is 1. The van der Waals surface area contributed by atoms with Crippen molar-refractivity contribution in [1.29, 1.82) is 0 Å². The molecule has 0 aromatic carbocycles. The van der Waals surface area contributed by atoms with Gasteiger partial charge in [0.25, 0.3) is 11.1 Å². The molecule has 0 unspecified atom stereocenters. The molecule has 0 bridgehead atoms. The van der Waals surface area contributed by atoms with Crippen LogP contribution in [0.4, 0.5) is 0 Å². The van der Waals surface area contributed by atoms with Gasteiger partial charge in [0.05, 0.1) is 10.6 Å².